The summed E-state index contributed by atoms with van der Waals surface area (Å²) >= 11 is 22.0. The molecule has 0 aliphatic carbocycles. The van der Waals surface area contributed by atoms with Crippen LogP contribution in [-0.4, -0.2) is 9.55 Å². The third-order valence-electron chi connectivity index (χ3n) is 3.82. The zero-order valence-corrected chi connectivity index (χ0v) is 21.1. The predicted molar refractivity (Wildman–Crippen MR) is 121 cm³/mol. The number of fused-ring (bicyclic) bond motifs is 2. The molecule has 4 rings (SSSR count). The van der Waals surface area contributed by atoms with Crippen molar-refractivity contribution in [3.05, 3.63) is 57.4 Å². The quantitative estimate of drug-likeness (QED) is 0.205. The van der Waals surface area contributed by atoms with Crippen LogP contribution in [0.25, 0.3) is 27.5 Å². The second-order valence-corrected chi connectivity index (χ2v) is 10.1. The van der Waals surface area contributed by atoms with Gasteiger partial charge in [0.05, 0.1) is 15.7 Å². The molecule has 0 unspecified atom stereocenters. The fourth-order valence-corrected chi connectivity index (χ4v) is 5.69. The van der Waals surface area contributed by atoms with E-state index in [0.717, 1.165) is 54.6 Å². The van der Waals surface area contributed by atoms with E-state index in [9.17, 15) is 0 Å². The van der Waals surface area contributed by atoms with Crippen molar-refractivity contribution in [2.75, 3.05) is 0 Å². The van der Waals surface area contributed by atoms with Gasteiger partial charge in [-0.3, -0.25) is 4.57 Å². The normalized spacial score (nSPS) is 11.8. The zero-order valence-electron chi connectivity index (χ0n) is 11.6. The van der Waals surface area contributed by atoms with E-state index in [1.165, 1.54) is 0 Å². The van der Waals surface area contributed by atoms with Crippen molar-refractivity contribution in [3.8, 4) is 5.69 Å². The van der Waals surface area contributed by atoms with Crippen LogP contribution in [0.2, 0.25) is 0 Å². The van der Waals surface area contributed by atoms with Crippen LogP contribution in [0, 0.1) is 0 Å². The minimum Gasteiger partial charge on any atom is -0.347 e. The fraction of sp³-hybridized carbons (Fsp3) is 0. The lowest BCUT2D eigenvalue weighted by Crippen LogP contribution is -1.94. The molecule has 0 aliphatic rings. The van der Waals surface area contributed by atoms with Crippen LogP contribution in [0.15, 0.2) is 57.4 Å². The van der Waals surface area contributed by atoms with Crippen LogP contribution in [0.1, 0.15) is 0 Å². The molecule has 0 bridgehead atoms. The van der Waals surface area contributed by atoms with Crippen molar-refractivity contribution < 1.29 is 0 Å². The van der Waals surface area contributed by atoms with Crippen LogP contribution in [0.5, 0.6) is 0 Å². The third kappa shape index (κ3) is 2.63. The predicted octanol–water partition coefficient (Wildman–Crippen LogP) is 8.69. The fourth-order valence-electron chi connectivity index (χ4n) is 2.80. The van der Waals surface area contributed by atoms with E-state index in [1.54, 1.807) is 0 Å². The first kappa shape index (κ1) is 17.8. The number of hydrogen-bond donors (Lipinski definition) is 1. The average Bonchev–Trinajstić information content (AvgIpc) is 2.99. The lowest BCUT2D eigenvalue weighted by molar-refractivity contribution is 1.09. The SMILES string of the molecule is Brc1ccc2c(c1)c(Br)c(Br)n2-c1c(Br)[nH]c2ccc(Br)c(Br)c12. The summed E-state index contributed by atoms with van der Waals surface area (Å²) in [5, 5.41) is 2.23. The summed E-state index contributed by atoms with van der Waals surface area (Å²) in [6.45, 7) is 0. The van der Waals surface area contributed by atoms with Crippen LogP contribution in [-0.2, 0) is 0 Å². The molecule has 4 aromatic rings. The zero-order chi connectivity index (χ0) is 17.2. The van der Waals surface area contributed by atoms with E-state index in [0.29, 0.717) is 0 Å². The average molecular weight is 706 g/mol. The van der Waals surface area contributed by atoms with Gasteiger partial charge in [0.1, 0.15) is 9.21 Å². The topological polar surface area (TPSA) is 20.7 Å². The number of H-pyrrole nitrogens is 1. The van der Waals surface area contributed by atoms with Gasteiger partial charge >= 0.3 is 0 Å². The molecule has 2 nitrogen and oxygen atoms in total. The molecule has 0 atom stereocenters. The van der Waals surface area contributed by atoms with E-state index < -0.39 is 0 Å². The Morgan fingerprint density at radius 1 is 0.833 bits per heavy atom. The second kappa shape index (κ2) is 6.53. The van der Waals surface area contributed by atoms with Crippen molar-refractivity contribution in [3.63, 3.8) is 0 Å². The van der Waals surface area contributed by atoms with Crippen molar-refractivity contribution in [1.29, 1.82) is 0 Å². The molecule has 0 amide bonds. The number of benzene rings is 2. The van der Waals surface area contributed by atoms with E-state index in [4.69, 9.17) is 0 Å². The maximum absolute atomic E-state index is 3.74. The molecule has 0 saturated heterocycles. The Hall–Kier alpha value is 0.400. The van der Waals surface area contributed by atoms with Crippen LogP contribution >= 0.6 is 95.6 Å². The molecule has 0 saturated carbocycles. The first-order chi connectivity index (χ1) is 11.4. The summed E-state index contributed by atoms with van der Waals surface area (Å²) in [7, 11) is 0. The van der Waals surface area contributed by atoms with Crippen LogP contribution in [0.3, 0.4) is 0 Å². The summed E-state index contributed by atoms with van der Waals surface area (Å²) in [4.78, 5) is 3.41. The van der Waals surface area contributed by atoms with E-state index in [1.807, 2.05) is 12.1 Å². The van der Waals surface area contributed by atoms with Gasteiger partial charge < -0.3 is 4.98 Å². The Morgan fingerprint density at radius 3 is 2.33 bits per heavy atom. The number of nitrogens with one attached hydrogen (secondary N) is 1. The molecule has 1 N–H and O–H groups in total. The van der Waals surface area contributed by atoms with Crippen molar-refractivity contribution in [2.24, 2.45) is 0 Å². The highest BCUT2D eigenvalue weighted by Gasteiger charge is 2.22. The number of aromatic nitrogens is 2. The lowest BCUT2D eigenvalue weighted by Gasteiger charge is -2.09. The maximum atomic E-state index is 3.74. The molecule has 0 spiro atoms. The van der Waals surface area contributed by atoms with Gasteiger partial charge in [0.2, 0.25) is 0 Å². The Balaban J connectivity index is 2.20. The van der Waals surface area contributed by atoms with Crippen LogP contribution < -0.4 is 0 Å². The molecular formula is C16H6Br6N2. The minimum absolute atomic E-state index is 0.921. The van der Waals surface area contributed by atoms with Gasteiger partial charge in [-0.1, -0.05) is 15.9 Å². The molecule has 24 heavy (non-hydrogen) atoms. The summed E-state index contributed by atoms with van der Waals surface area (Å²) in [5.41, 5.74) is 3.20. The standard InChI is InChI=1S/C16H6Br6N2/c17-6-1-4-10-7(5-6)12(19)16(22)24(10)14-11-9(23-15(14)21)3-2-8(18)13(11)20/h1-5,23H. The molecule has 0 radical (unpaired) electrons. The molecule has 0 aliphatic heterocycles. The van der Waals surface area contributed by atoms with Crippen molar-refractivity contribution >= 4 is 117 Å². The molecule has 2 aromatic heterocycles. The van der Waals surface area contributed by atoms with Crippen molar-refractivity contribution in [1.82, 2.24) is 9.55 Å². The minimum atomic E-state index is 0.921. The molecule has 122 valence electrons. The summed E-state index contributed by atoms with van der Waals surface area (Å²) in [6.07, 6.45) is 0. The largest absolute Gasteiger partial charge is 0.347 e. The third-order valence-corrected chi connectivity index (χ3v) is 8.99. The Morgan fingerprint density at radius 2 is 1.58 bits per heavy atom. The van der Waals surface area contributed by atoms with Gasteiger partial charge in [-0.05, 0) is 110 Å². The Labute approximate surface area is 188 Å². The smallest absolute Gasteiger partial charge is 0.108 e. The second-order valence-electron chi connectivity index (χ2n) is 5.17. The summed E-state index contributed by atoms with van der Waals surface area (Å²) in [5.74, 6) is 0. The highest BCUT2D eigenvalue weighted by Crippen LogP contribution is 2.44. The number of rotatable bonds is 1. The van der Waals surface area contributed by atoms with E-state index in [2.05, 4.69) is 123 Å². The maximum Gasteiger partial charge on any atom is 0.108 e. The Kier molecular flexibility index (Phi) is 4.84. The molecule has 2 heterocycles. The van der Waals surface area contributed by atoms with Crippen molar-refractivity contribution in [2.45, 2.75) is 0 Å². The number of nitrogens with zero attached hydrogens (tertiary/aromatic N) is 1. The summed E-state index contributed by atoms with van der Waals surface area (Å²) in [6, 6.07) is 10.3. The van der Waals surface area contributed by atoms with Gasteiger partial charge in [0.25, 0.3) is 0 Å². The monoisotopic (exact) mass is 700 g/mol. The van der Waals surface area contributed by atoms with Gasteiger partial charge in [-0.2, -0.15) is 0 Å². The van der Waals surface area contributed by atoms with E-state index >= 15 is 0 Å². The van der Waals surface area contributed by atoms with Crippen LogP contribution in [0.4, 0.5) is 0 Å². The number of aromatic amines is 1. The Bertz CT molecular complexity index is 1130. The lowest BCUT2D eigenvalue weighted by atomic mass is 10.2. The van der Waals surface area contributed by atoms with E-state index in [-0.39, 0.29) is 0 Å². The highest BCUT2D eigenvalue weighted by atomic mass is 79.9. The molecular weight excluding hydrogens is 700 g/mol. The molecule has 0 fully saturated rings. The van der Waals surface area contributed by atoms with Gasteiger partial charge in [0.15, 0.2) is 0 Å². The first-order valence-electron chi connectivity index (χ1n) is 6.70. The molecule has 2 aromatic carbocycles. The number of halogens is 6. The summed E-state index contributed by atoms with van der Waals surface area (Å²) < 4.78 is 8.16. The first-order valence-corrected chi connectivity index (χ1v) is 11.5. The van der Waals surface area contributed by atoms with Gasteiger partial charge in [-0.25, -0.2) is 0 Å². The van der Waals surface area contributed by atoms with Gasteiger partial charge in [0, 0.05) is 29.7 Å². The number of hydrogen-bond acceptors (Lipinski definition) is 0. The van der Waals surface area contributed by atoms with Gasteiger partial charge in [-0.15, -0.1) is 0 Å². The highest BCUT2D eigenvalue weighted by molar-refractivity contribution is 9.13. The molecule has 8 heteroatoms.